The van der Waals surface area contributed by atoms with Crippen molar-refractivity contribution in [1.82, 2.24) is 0 Å². The van der Waals surface area contributed by atoms with Gasteiger partial charge in [-0.15, -0.1) is 0 Å². The molecule has 0 heterocycles. The Labute approximate surface area is 156 Å². The molecule has 0 saturated carbocycles. The predicted octanol–water partition coefficient (Wildman–Crippen LogP) is 3.64. The zero-order valence-electron chi connectivity index (χ0n) is 16.6. The number of hydrogen-bond donors (Lipinski definition) is 2. The normalized spacial score (nSPS) is 14.4. The second-order valence-electron chi connectivity index (χ2n) is 6.77. The lowest BCUT2D eigenvalue weighted by atomic mass is 9.87. The van der Waals surface area contributed by atoms with E-state index >= 15 is 0 Å². The maximum Gasteiger partial charge on any atom is 0.323 e. The first-order chi connectivity index (χ1) is 12.2. The molecule has 0 aliphatic heterocycles. The van der Waals surface area contributed by atoms with E-state index < -0.39 is 11.5 Å². The summed E-state index contributed by atoms with van der Waals surface area (Å²) in [6, 6.07) is 3.78. The SMILES string of the molecule is CCOc1cc(OCC)c(CCC(C)CC(C)(N)C(=O)O)c(OCC)c1. The van der Waals surface area contributed by atoms with E-state index in [4.69, 9.17) is 19.9 Å². The Kier molecular flexibility index (Phi) is 8.72. The second kappa shape index (κ2) is 10.3. The number of rotatable bonds is 12. The lowest BCUT2D eigenvalue weighted by Crippen LogP contribution is -2.46. The third-order valence-corrected chi connectivity index (χ3v) is 4.20. The molecule has 2 atom stereocenters. The number of aliphatic carboxylic acids is 1. The van der Waals surface area contributed by atoms with Gasteiger partial charge in [-0.05, 0) is 52.9 Å². The number of benzene rings is 1. The zero-order valence-corrected chi connectivity index (χ0v) is 16.6. The van der Waals surface area contributed by atoms with Crippen LogP contribution in [0.3, 0.4) is 0 Å². The van der Waals surface area contributed by atoms with Crippen LogP contribution in [0, 0.1) is 5.92 Å². The minimum Gasteiger partial charge on any atom is -0.494 e. The Morgan fingerprint density at radius 1 is 1.12 bits per heavy atom. The Balaban J connectivity index is 2.99. The number of hydrogen-bond acceptors (Lipinski definition) is 5. The molecule has 0 aromatic heterocycles. The summed E-state index contributed by atoms with van der Waals surface area (Å²) < 4.78 is 17.2. The molecule has 0 bridgehead atoms. The molecule has 1 rings (SSSR count). The first-order valence-electron chi connectivity index (χ1n) is 9.32. The highest BCUT2D eigenvalue weighted by Crippen LogP contribution is 2.36. The van der Waals surface area contributed by atoms with E-state index in [-0.39, 0.29) is 5.92 Å². The summed E-state index contributed by atoms with van der Waals surface area (Å²) in [5, 5.41) is 9.21. The van der Waals surface area contributed by atoms with Crippen molar-refractivity contribution in [2.75, 3.05) is 19.8 Å². The van der Waals surface area contributed by atoms with Gasteiger partial charge in [-0.3, -0.25) is 4.79 Å². The zero-order chi connectivity index (χ0) is 19.7. The number of nitrogens with two attached hydrogens (primary N) is 1. The van der Waals surface area contributed by atoms with Crippen LogP contribution in [0.25, 0.3) is 0 Å². The number of carboxylic acids is 1. The van der Waals surface area contributed by atoms with Gasteiger partial charge in [0.05, 0.1) is 19.8 Å². The fraction of sp³-hybridized carbons (Fsp3) is 0.650. The van der Waals surface area contributed by atoms with Crippen molar-refractivity contribution in [1.29, 1.82) is 0 Å². The van der Waals surface area contributed by atoms with Crippen molar-refractivity contribution < 1.29 is 24.1 Å². The van der Waals surface area contributed by atoms with Crippen LogP contribution in [-0.2, 0) is 11.2 Å². The van der Waals surface area contributed by atoms with Gasteiger partial charge in [0.25, 0.3) is 0 Å². The molecular weight excluding hydrogens is 334 g/mol. The third-order valence-electron chi connectivity index (χ3n) is 4.20. The van der Waals surface area contributed by atoms with Crippen molar-refractivity contribution in [2.24, 2.45) is 11.7 Å². The van der Waals surface area contributed by atoms with Crippen LogP contribution in [0.15, 0.2) is 12.1 Å². The molecule has 0 aliphatic rings. The molecular formula is C20H33NO5. The van der Waals surface area contributed by atoms with Gasteiger partial charge in [0.2, 0.25) is 0 Å². The molecule has 0 amide bonds. The molecule has 0 radical (unpaired) electrons. The summed E-state index contributed by atoms with van der Waals surface area (Å²) in [7, 11) is 0. The quantitative estimate of drug-likeness (QED) is 0.586. The Bertz CT molecular complexity index is 559. The Hall–Kier alpha value is -1.95. The first-order valence-corrected chi connectivity index (χ1v) is 9.32. The summed E-state index contributed by atoms with van der Waals surface area (Å²) in [4.78, 5) is 11.2. The molecule has 0 spiro atoms. The molecule has 2 unspecified atom stereocenters. The molecule has 0 fully saturated rings. The molecule has 0 saturated heterocycles. The number of carbonyl (C=O) groups is 1. The van der Waals surface area contributed by atoms with Gasteiger partial charge in [-0.1, -0.05) is 6.92 Å². The maximum atomic E-state index is 11.2. The standard InChI is InChI=1S/C20H33NO5/c1-6-24-15-11-17(25-7-2)16(18(12-15)26-8-3)10-9-14(4)13-20(5,21)19(22)23/h11-12,14H,6-10,13,21H2,1-5H3,(H,22,23). The number of ether oxygens (including phenoxy) is 3. The Morgan fingerprint density at radius 3 is 2.04 bits per heavy atom. The van der Waals surface area contributed by atoms with Gasteiger partial charge >= 0.3 is 5.97 Å². The highest BCUT2D eigenvalue weighted by molar-refractivity contribution is 5.77. The van der Waals surface area contributed by atoms with Gasteiger partial charge in [-0.2, -0.15) is 0 Å². The van der Waals surface area contributed by atoms with Gasteiger partial charge in [-0.25, -0.2) is 0 Å². The lowest BCUT2D eigenvalue weighted by molar-refractivity contribution is -0.143. The summed E-state index contributed by atoms with van der Waals surface area (Å²) in [5.74, 6) is 1.40. The maximum absolute atomic E-state index is 11.2. The topological polar surface area (TPSA) is 91.0 Å². The van der Waals surface area contributed by atoms with E-state index in [1.165, 1.54) is 0 Å². The van der Waals surface area contributed by atoms with Gasteiger partial charge in [0, 0.05) is 17.7 Å². The van der Waals surface area contributed by atoms with Gasteiger partial charge in [0.1, 0.15) is 22.8 Å². The van der Waals surface area contributed by atoms with E-state index in [0.29, 0.717) is 32.7 Å². The molecule has 148 valence electrons. The smallest absolute Gasteiger partial charge is 0.323 e. The van der Waals surface area contributed by atoms with E-state index in [2.05, 4.69) is 0 Å². The van der Waals surface area contributed by atoms with Gasteiger partial charge < -0.3 is 25.1 Å². The van der Waals surface area contributed by atoms with Crippen molar-refractivity contribution in [3.8, 4) is 17.2 Å². The average Bonchev–Trinajstić information content (AvgIpc) is 2.54. The molecule has 1 aromatic carbocycles. The fourth-order valence-electron chi connectivity index (χ4n) is 2.96. The average molecular weight is 367 g/mol. The van der Waals surface area contributed by atoms with Crippen LogP contribution >= 0.6 is 0 Å². The Morgan fingerprint density at radius 2 is 1.62 bits per heavy atom. The monoisotopic (exact) mass is 367 g/mol. The lowest BCUT2D eigenvalue weighted by Gasteiger charge is -2.24. The van der Waals surface area contributed by atoms with E-state index in [1.807, 2.05) is 39.8 Å². The third kappa shape index (κ3) is 6.41. The van der Waals surface area contributed by atoms with E-state index in [1.54, 1.807) is 6.92 Å². The molecule has 3 N–H and O–H groups in total. The van der Waals surface area contributed by atoms with Gasteiger partial charge in [0.15, 0.2) is 0 Å². The van der Waals surface area contributed by atoms with E-state index in [0.717, 1.165) is 29.2 Å². The van der Waals surface area contributed by atoms with Crippen molar-refractivity contribution in [3.63, 3.8) is 0 Å². The number of carboxylic acid groups (broad SMARTS) is 1. The second-order valence-corrected chi connectivity index (χ2v) is 6.77. The van der Waals surface area contributed by atoms with Crippen LogP contribution in [0.5, 0.6) is 17.2 Å². The van der Waals surface area contributed by atoms with Crippen LogP contribution in [0.1, 0.15) is 53.0 Å². The summed E-state index contributed by atoms with van der Waals surface area (Å²) in [6.07, 6.45) is 1.91. The van der Waals surface area contributed by atoms with Crippen LogP contribution in [-0.4, -0.2) is 36.4 Å². The molecule has 6 nitrogen and oxygen atoms in total. The van der Waals surface area contributed by atoms with E-state index in [9.17, 15) is 9.90 Å². The fourth-order valence-corrected chi connectivity index (χ4v) is 2.96. The molecule has 26 heavy (non-hydrogen) atoms. The van der Waals surface area contributed by atoms with Crippen LogP contribution in [0.4, 0.5) is 0 Å². The predicted molar refractivity (Wildman–Crippen MR) is 102 cm³/mol. The largest absolute Gasteiger partial charge is 0.494 e. The summed E-state index contributed by atoms with van der Waals surface area (Å²) >= 11 is 0. The van der Waals surface area contributed by atoms with Crippen molar-refractivity contribution in [3.05, 3.63) is 17.7 Å². The molecule has 6 heteroatoms. The summed E-state index contributed by atoms with van der Waals surface area (Å²) in [5.41, 5.74) is 5.64. The molecule has 1 aromatic rings. The highest BCUT2D eigenvalue weighted by Gasteiger charge is 2.30. The highest BCUT2D eigenvalue weighted by atomic mass is 16.5. The minimum atomic E-state index is -1.22. The minimum absolute atomic E-state index is 0.150. The summed E-state index contributed by atoms with van der Waals surface area (Å²) in [6.45, 7) is 11.0. The van der Waals surface area contributed by atoms with Crippen LogP contribution < -0.4 is 19.9 Å². The van der Waals surface area contributed by atoms with Crippen molar-refractivity contribution >= 4 is 5.97 Å². The molecule has 0 aliphatic carbocycles. The van der Waals surface area contributed by atoms with Crippen molar-refractivity contribution in [2.45, 2.75) is 59.4 Å². The first kappa shape index (κ1) is 22.1. The van der Waals surface area contributed by atoms with Crippen LogP contribution in [0.2, 0.25) is 0 Å².